The zero-order valence-corrected chi connectivity index (χ0v) is 13.8. The van der Waals surface area contributed by atoms with Gasteiger partial charge in [0.25, 0.3) is 11.8 Å². The molecule has 1 heterocycles. The van der Waals surface area contributed by atoms with Crippen LogP contribution in [0.2, 0.25) is 0 Å². The number of aromatic hydroxyl groups is 1. The predicted molar refractivity (Wildman–Crippen MR) is 94.0 cm³/mol. The third-order valence-electron chi connectivity index (χ3n) is 4.33. The Morgan fingerprint density at radius 2 is 1.70 bits per heavy atom. The third-order valence-corrected chi connectivity index (χ3v) is 4.33. The van der Waals surface area contributed by atoms with Gasteiger partial charge in [0.15, 0.2) is 5.75 Å². The molecule has 1 N–H and O–H groups in total. The lowest BCUT2D eigenvalue weighted by atomic mass is 9.93. The standard InChI is InChI=1S/C19H12N2O6/c22-15-9-14-16-12(17(15)21(25)26)7-4-8-13(16)18(23)20(19(14)24)27-10-11-5-2-1-3-6-11/h1-9,22H,10H2. The molecule has 0 saturated heterocycles. The molecule has 0 radical (unpaired) electrons. The van der Waals surface area contributed by atoms with Crippen molar-refractivity contribution in [3.8, 4) is 5.75 Å². The van der Waals surface area contributed by atoms with Crippen molar-refractivity contribution in [2.24, 2.45) is 0 Å². The zero-order chi connectivity index (χ0) is 19.1. The number of hydrogen-bond acceptors (Lipinski definition) is 6. The van der Waals surface area contributed by atoms with Gasteiger partial charge in [-0.25, -0.2) is 0 Å². The van der Waals surface area contributed by atoms with Gasteiger partial charge < -0.3 is 5.11 Å². The molecule has 0 spiro atoms. The smallest absolute Gasteiger partial charge is 0.318 e. The molecule has 3 aromatic carbocycles. The molecule has 1 aliphatic rings. The number of rotatable bonds is 4. The van der Waals surface area contributed by atoms with Crippen LogP contribution < -0.4 is 0 Å². The number of hydroxylamine groups is 2. The van der Waals surface area contributed by atoms with Crippen molar-refractivity contribution in [2.75, 3.05) is 0 Å². The molecular formula is C19H12N2O6. The summed E-state index contributed by atoms with van der Waals surface area (Å²) in [5, 5.41) is 22.1. The fourth-order valence-corrected chi connectivity index (χ4v) is 3.14. The normalized spacial score (nSPS) is 13.3. The SMILES string of the molecule is O=C1c2cccc3c([N+](=O)[O-])c(O)cc(c23)C(=O)N1OCc1ccccc1. The Morgan fingerprint density at radius 1 is 1.00 bits per heavy atom. The van der Waals surface area contributed by atoms with Crippen molar-refractivity contribution in [3.05, 3.63) is 81.4 Å². The summed E-state index contributed by atoms with van der Waals surface area (Å²) in [4.78, 5) is 41.5. The van der Waals surface area contributed by atoms with E-state index in [1.165, 1.54) is 18.2 Å². The number of nitro groups is 1. The highest BCUT2D eigenvalue weighted by Crippen LogP contribution is 2.41. The second kappa shape index (κ2) is 6.19. The number of nitrogens with zero attached hydrogens (tertiary/aromatic N) is 2. The molecule has 8 heteroatoms. The van der Waals surface area contributed by atoms with Crippen molar-refractivity contribution in [3.63, 3.8) is 0 Å². The molecule has 1 aliphatic heterocycles. The van der Waals surface area contributed by atoms with E-state index in [0.29, 0.717) is 5.06 Å². The minimum Gasteiger partial charge on any atom is -0.502 e. The van der Waals surface area contributed by atoms with Crippen molar-refractivity contribution in [1.82, 2.24) is 5.06 Å². The van der Waals surface area contributed by atoms with Crippen LogP contribution in [-0.4, -0.2) is 26.9 Å². The molecule has 0 unspecified atom stereocenters. The first-order valence-electron chi connectivity index (χ1n) is 7.97. The average molecular weight is 364 g/mol. The van der Waals surface area contributed by atoms with Gasteiger partial charge >= 0.3 is 5.69 Å². The first-order valence-corrected chi connectivity index (χ1v) is 7.97. The van der Waals surface area contributed by atoms with Gasteiger partial charge in [-0.3, -0.25) is 24.5 Å². The highest BCUT2D eigenvalue weighted by Gasteiger charge is 2.37. The summed E-state index contributed by atoms with van der Waals surface area (Å²) < 4.78 is 0. The monoisotopic (exact) mass is 364 g/mol. The number of hydrogen-bond donors (Lipinski definition) is 1. The van der Waals surface area contributed by atoms with Crippen molar-refractivity contribution in [2.45, 2.75) is 6.61 Å². The molecule has 134 valence electrons. The van der Waals surface area contributed by atoms with Crippen LogP contribution >= 0.6 is 0 Å². The maximum absolute atomic E-state index is 12.8. The Hall–Kier alpha value is -3.78. The van der Waals surface area contributed by atoms with E-state index in [1.807, 2.05) is 6.07 Å². The first kappa shape index (κ1) is 16.7. The minimum absolute atomic E-state index is 0.0113. The van der Waals surface area contributed by atoms with Gasteiger partial charge in [-0.2, -0.15) is 0 Å². The fourth-order valence-electron chi connectivity index (χ4n) is 3.14. The summed E-state index contributed by atoms with van der Waals surface area (Å²) >= 11 is 0. The number of phenolic OH excluding ortho intramolecular Hbond substituents is 1. The highest BCUT2D eigenvalue weighted by atomic mass is 16.7. The number of imide groups is 1. The molecule has 2 amide bonds. The van der Waals surface area contributed by atoms with Crippen molar-refractivity contribution >= 4 is 28.3 Å². The third kappa shape index (κ3) is 2.59. The number of phenols is 1. The van der Waals surface area contributed by atoms with E-state index < -0.39 is 28.2 Å². The van der Waals surface area contributed by atoms with Gasteiger partial charge in [-0.15, -0.1) is 5.06 Å². The minimum atomic E-state index is -0.787. The lowest BCUT2D eigenvalue weighted by Gasteiger charge is -2.26. The Kier molecular flexibility index (Phi) is 3.82. The molecule has 0 atom stereocenters. The second-order valence-electron chi connectivity index (χ2n) is 5.94. The fraction of sp³-hybridized carbons (Fsp3) is 0.0526. The molecule has 0 aromatic heterocycles. The van der Waals surface area contributed by atoms with Crippen LogP contribution in [0.4, 0.5) is 5.69 Å². The van der Waals surface area contributed by atoms with Gasteiger partial charge in [0, 0.05) is 11.5 Å². The molecule has 0 saturated carbocycles. The summed E-state index contributed by atoms with van der Waals surface area (Å²) in [5.74, 6) is -2.15. The summed E-state index contributed by atoms with van der Waals surface area (Å²) in [6, 6.07) is 14.3. The van der Waals surface area contributed by atoms with Crippen LogP contribution in [-0.2, 0) is 11.4 Å². The molecule has 8 nitrogen and oxygen atoms in total. The number of amides is 2. The van der Waals surface area contributed by atoms with Crippen molar-refractivity contribution < 1.29 is 24.5 Å². The molecule has 3 aromatic rings. The van der Waals surface area contributed by atoms with E-state index in [0.717, 1.165) is 11.6 Å². The number of carbonyl (C=O) groups excluding carboxylic acids is 2. The molecular weight excluding hydrogens is 352 g/mol. The lowest BCUT2D eigenvalue weighted by Crippen LogP contribution is -2.40. The first-order chi connectivity index (χ1) is 13.0. The van der Waals surface area contributed by atoms with Crippen LogP contribution in [0.3, 0.4) is 0 Å². The van der Waals surface area contributed by atoms with Crippen LogP contribution in [0.25, 0.3) is 10.8 Å². The quantitative estimate of drug-likeness (QED) is 0.432. The van der Waals surface area contributed by atoms with Crippen molar-refractivity contribution in [1.29, 1.82) is 0 Å². The highest BCUT2D eigenvalue weighted by molar-refractivity contribution is 6.26. The van der Waals surface area contributed by atoms with Crippen LogP contribution in [0, 0.1) is 10.1 Å². The van der Waals surface area contributed by atoms with Gasteiger partial charge in [0.05, 0.1) is 21.4 Å². The number of carbonyl (C=O) groups is 2. The summed E-state index contributed by atoms with van der Waals surface area (Å²) in [7, 11) is 0. The van der Waals surface area contributed by atoms with Crippen LogP contribution in [0.5, 0.6) is 5.75 Å². The van der Waals surface area contributed by atoms with Crippen LogP contribution in [0.15, 0.2) is 54.6 Å². The maximum Gasteiger partial charge on any atom is 0.318 e. The van der Waals surface area contributed by atoms with E-state index in [1.54, 1.807) is 24.3 Å². The van der Waals surface area contributed by atoms with E-state index in [2.05, 4.69) is 0 Å². The maximum atomic E-state index is 12.8. The van der Waals surface area contributed by atoms with Gasteiger partial charge in [0.2, 0.25) is 0 Å². The molecule has 4 rings (SSSR count). The van der Waals surface area contributed by atoms with E-state index in [-0.39, 0.29) is 28.5 Å². The lowest BCUT2D eigenvalue weighted by molar-refractivity contribution is -0.384. The summed E-state index contributed by atoms with van der Waals surface area (Å²) in [5.41, 5.74) is 0.276. The number of benzene rings is 3. The molecule has 27 heavy (non-hydrogen) atoms. The van der Waals surface area contributed by atoms with Gasteiger partial charge in [-0.1, -0.05) is 36.4 Å². The Bertz CT molecular complexity index is 1110. The average Bonchev–Trinajstić information content (AvgIpc) is 2.66. The van der Waals surface area contributed by atoms with E-state index in [4.69, 9.17) is 4.84 Å². The van der Waals surface area contributed by atoms with E-state index in [9.17, 15) is 24.8 Å². The topological polar surface area (TPSA) is 110 Å². The summed E-state index contributed by atoms with van der Waals surface area (Å²) in [6.45, 7) is -0.0113. The van der Waals surface area contributed by atoms with E-state index >= 15 is 0 Å². The molecule has 0 bridgehead atoms. The number of nitro benzene ring substituents is 1. The summed E-state index contributed by atoms with van der Waals surface area (Å²) in [6.07, 6.45) is 0. The van der Waals surface area contributed by atoms with Gasteiger partial charge in [-0.05, 0) is 17.7 Å². The molecule has 0 aliphatic carbocycles. The predicted octanol–water partition coefficient (Wildman–Crippen LogP) is 3.18. The Balaban J connectivity index is 1.81. The second-order valence-corrected chi connectivity index (χ2v) is 5.94. The van der Waals surface area contributed by atoms with Crippen LogP contribution in [0.1, 0.15) is 26.3 Å². The van der Waals surface area contributed by atoms with Gasteiger partial charge in [0.1, 0.15) is 6.61 Å². The zero-order valence-electron chi connectivity index (χ0n) is 13.8. The molecule has 0 fully saturated rings. The Labute approximate surface area is 152 Å². The Morgan fingerprint density at radius 3 is 2.41 bits per heavy atom. The largest absolute Gasteiger partial charge is 0.502 e.